The molecule has 3 nitrogen and oxygen atoms in total. The van der Waals surface area contributed by atoms with Gasteiger partial charge in [-0.25, -0.2) is 0 Å². The van der Waals surface area contributed by atoms with E-state index in [2.05, 4.69) is 67.5 Å². The molecule has 114 valence electrons. The van der Waals surface area contributed by atoms with Gasteiger partial charge in [-0.15, -0.1) is 0 Å². The van der Waals surface area contributed by atoms with Crippen molar-refractivity contribution in [2.45, 2.75) is 53.0 Å². The minimum Gasteiger partial charge on any atom is -0.314 e. The first-order valence-electron chi connectivity index (χ1n) is 8.01. The van der Waals surface area contributed by atoms with Gasteiger partial charge in [0.15, 0.2) is 0 Å². The maximum atomic E-state index is 4.57. The molecule has 2 atom stereocenters. The van der Waals surface area contributed by atoms with Crippen LogP contribution in [0.25, 0.3) is 10.8 Å². The Hall–Kier alpha value is -1.48. The van der Waals surface area contributed by atoms with Gasteiger partial charge in [-0.3, -0.25) is 0 Å². The Morgan fingerprint density at radius 3 is 2.33 bits per heavy atom. The third kappa shape index (κ3) is 3.41. The van der Waals surface area contributed by atoms with E-state index in [0.717, 1.165) is 24.4 Å². The van der Waals surface area contributed by atoms with E-state index in [1.165, 1.54) is 10.8 Å². The molecule has 0 saturated heterocycles. The number of nitrogens with zero attached hydrogens (tertiary/aromatic N) is 2. The van der Waals surface area contributed by atoms with Gasteiger partial charge in [0, 0.05) is 22.7 Å². The third-order valence-electron chi connectivity index (χ3n) is 4.19. The quantitative estimate of drug-likeness (QED) is 0.869. The molecule has 2 rings (SSSR count). The third-order valence-corrected chi connectivity index (χ3v) is 4.19. The molecule has 2 unspecified atom stereocenters. The highest BCUT2D eigenvalue weighted by atomic mass is 15.1. The molecule has 0 fully saturated rings. The maximum absolute atomic E-state index is 4.57. The molecule has 0 saturated carbocycles. The van der Waals surface area contributed by atoms with Crippen LogP contribution in [0.2, 0.25) is 0 Å². The molecule has 0 radical (unpaired) electrons. The van der Waals surface area contributed by atoms with Gasteiger partial charge in [0.05, 0.1) is 11.4 Å². The van der Waals surface area contributed by atoms with Crippen LogP contribution in [0.4, 0.5) is 0 Å². The van der Waals surface area contributed by atoms with Gasteiger partial charge in [0.2, 0.25) is 0 Å². The van der Waals surface area contributed by atoms with E-state index in [1.807, 2.05) is 6.92 Å². The van der Waals surface area contributed by atoms with Crippen molar-refractivity contribution >= 4 is 10.8 Å². The van der Waals surface area contributed by atoms with E-state index in [-0.39, 0.29) is 0 Å². The first-order chi connectivity index (χ1) is 10.1. The number of benzene rings is 1. The van der Waals surface area contributed by atoms with Gasteiger partial charge in [0.1, 0.15) is 0 Å². The van der Waals surface area contributed by atoms with Crippen molar-refractivity contribution in [3.05, 3.63) is 35.7 Å². The SMILES string of the molecule is CCCNC(C)C(c1nnc(C)c2ccccc12)C(C)C. The molecule has 21 heavy (non-hydrogen) atoms. The Labute approximate surface area is 128 Å². The van der Waals surface area contributed by atoms with Gasteiger partial charge in [-0.05, 0) is 32.7 Å². The monoisotopic (exact) mass is 285 g/mol. The molecule has 0 aliphatic carbocycles. The zero-order chi connectivity index (χ0) is 15.4. The lowest BCUT2D eigenvalue weighted by atomic mass is 9.84. The van der Waals surface area contributed by atoms with Gasteiger partial charge in [-0.2, -0.15) is 10.2 Å². The number of fused-ring (bicyclic) bond motifs is 1. The normalized spacial score (nSPS) is 14.6. The lowest BCUT2D eigenvalue weighted by molar-refractivity contribution is 0.371. The molecular formula is C18H27N3. The zero-order valence-corrected chi connectivity index (χ0v) is 13.9. The van der Waals surface area contributed by atoms with Crippen LogP contribution in [0, 0.1) is 12.8 Å². The fourth-order valence-corrected chi connectivity index (χ4v) is 3.13. The van der Waals surface area contributed by atoms with Crippen molar-refractivity contribution in [2.75, 3.05) is 6.54 Å². The summed E-state index contributed by atoms with van der Waals surface area (Å²) >= 11 is 0. The van der Waals surface area contributed by atoms with Gasteiger partial charge in [-0.1, -0.05) is 45.0 Å². The topological polar surface area (TPSA) is 37.8 Å². The number of hydrogen-bond donors (Lipinski definition) is 1. The van der Waals surface area contributed by atoms with E-state index < -0.39 is 0 Å². The standard InChI is InChI=1S/C18H27N3/c1-6-11-19-14(5)17(12(2)3)18-16-10-8-7-9-15(16)13(4)20-21-18/h7-10,12,14,17,19H,6,11H2,1-5H3. The zero-order valence-electron chi connectivity index (χ0n) is 13.9. The predicted octanol–water partition coefficient (Wildman–Crippen LogP) is 4.07. The molecule has 0 aliphatic heterocycles. The second-order valence-corrected chi connectivity index (χ2v) is 6.23. The minimum atomic E-state index is 0.370. The summed E-state index contributed by atoms with van der Waals surface area (Å²) in [5.74, 6) is 0.888. The Bertz CT molecular complexity index is 592. The second kappa shape index (κ2) is 6.99. The summed E-state index contributed by atoms with van der Waals surface area (Å²) < 4.78 is 0. The summed E-state index contributed by atoms with van der Waals surface area (Å²) in [6, 6.07) is 8.88. The van der Waals surface area contributed by atoms with Crippen molar-refractivity contribution in [2.24, 2.45) is 5.92 Å². The summed E-state index contributed by atoms with van der Waals surface area (Å²) in [4.78, 5) is 0. The molecule has 0 spiro atoms. The van der Waals surface area contributed by atoms with Crippen LogP contribution >= 0.6 is 0 Å². The van der Waals surface area contributed by atoms with E-state index in [1.54, 1.807) is 0 Å². The molecule has 3 heteroatoms. The van der Waals surface area contributed by atoms with Crippen LogP contribution in [0.15, 0.2) is 24.3 Å². The molecule has 2 aromatic rings. The van der Waals surface area contributed by atoms with Crippen molar-refractivity contribution < 1.29 is 0 Å². The smallest absolute Gasteiger partial charge is 0.0758 e. The fraction of sp³-hybridized carbons (Fsp3) is 0.556. The van der Waals surface area contributed by atoms with E-state index in [4.69, 9.17) is 0 Å². The number of aromatic nitrogens is 2. The van der Waals surface area contributed by atoms with Gasteiger partial charge >= 0.3 is 0 Å². The van der Waals surface area contributed by atoms with Gasteiger partial charge < -0.3 is 5.32 Å². The first kappa shape index (κ1) is 15.9. The van der Waals surface area contributed by atoms with Gasteiger partial charge in [0.25, 0.3) is 0 Å². The highest BCUT2D eigenvalue weighted by Crippen LogP contribution is 2.32. The van der Waals surface area contributed by atoms with Crippen LogP contribution < -0.4 is 5.32 Å². The number of aryl methyl sites for hydroxylation is 1. The summed E-state index contributed by atoms with van der Waals surface area (Å²) in [6.45, 7) is 12.1. The molecule has 0 aliphatic rings. The number of hydrogen-bond acceptors (Lipinski definition) is 3. The average molecular weight is 285 g/mol. The van der Waals surface area contributed by atoms with Crippen molar-refractivity contribution in [3.63, 3.8) is 0 Å². The summed E-state index contributed by atoms with van der Waals surface area (Å²) in [5.41, 5.74) is 2.13. The highest BCUT2D eigenvalue weighted by Gasteiger charge is 2.26. The van der Waals surface area contributed by atoms with Crippen LogP contribution in [0.1, 0.15) is 51.4 Å². The van der Waals surface area contributed by atoms with Crippen molar-refractivity contribution in [3.8, 4) is 0 Å². The molecule has 0 bridgehead atoms. The summed E-state index contributed by atoms with van der Waals surface area (Å²) in [5, 5.41) is 15.0. The molecule has 1 aromatic heterocycles. The lowest BCUT2D eigenvalue weighted by Crippen LogP contribution is -2.35. The molecule has 1 heterocycles. The first-order valence-corrected chi connectivity index (χ1v) is 8.01. The Kier molecular flexibility index (Phi) is 5.29. The van der Waals surface area contributed by atoms with E-state index >= 15 is 0 Å². The maximum Gasteiger partial charge on any atom is 0.0758 e. The largest absolute Gasteiger partial charge is 0.314 e. The Balaban J connectivity index is 2.48. The Morgan fingerprint density at radius 1 is 1.05 bits per heavy atom. The average Bonchev–Trinajstić information content (AvgIpc) is 2.47. The van der Waals surface area contributed by atoms with Crippen LogP contribution in [0.3, 0.4) is 0 Å². The molecule has 0 amide bonds. The van der Waals surface area contributed by atoms with Crippen LogP contribution in [-0.4, -0.2) is 22.8 Å². The van der Waals surface area contributed by atoms with E-state index in [0.29, 0.717) is 17.9 Å². The summed E-state index contributed by atoms with van der Waals surface area (Å²) in [6.07, 6.45) is 1.15. The van der Waals surface area contributed by atoms with Crippen LogP contribution in [0.5, 0.6) is 0 Å². The predicted molar refractivity (Wildman–Crippen MR) is 89.6 cm³/mol. The molecule has 1 aromatic carbocycles. The highest BCUT2D eigenvalue weighted by molar-refractivity contribution is 5.86. The Morgan fingerprint density at radius 2 is 1.71 bits per heavy atom. The van der Waals surface area contributed by atoms with Crippen molar-refractivity contribution in [1.82, 2.24) is 15.5 Å². The summed E-state index contributed by atoms with van der Waals surface area (Å²) in [7, 11) is 0. The van der Waals surface area contributed by atoms with Crippen molar-refractivity contribution in [1.29, 1.82) is 0 Å². The second-order valence-electron chi connectivity index (χ2n) is 6.23. The molecule has 1 N–H and O–H groups in total. The van der Waals surface area contributed by atoms with Crippen LogP contribution in [-0.2, 0) is 0 Å². The van der Waals surface area contributed by atoms with E-state index in [9.17, 15) is 0 Å². The number of nitrogens with one attached hydrogen (secondary N) is 1. The number of rotatable bonds is 6. The lowest BCUT2D eigenvalue weighted by Gasteiger charge is -2.28. The minimum absolute atomic E-state index is 0.370. The fourth-order valence-electron chi connectivity index (χ4n) is 3.13. The molecular weight excluding hydrogens is 258 g/mol.